The molecular weight excluding hydrogens is 134 g/mol. The first-order chi connectivity index (χ1) is 4.72. The highest BCUT2D eigenvalue weighted by Gasteiger charge is 2.25. The molecule has 4 nitrogen and oxygen atoms in total. The number of hydrogen-bond donors (Lipinski definition) is 3. The van der Waals surface area contributed by atoms with E-state index in [1.807, 2.05) is 4.90 Å². The molecule has 1 aliphatic heterocycles. The molecular formula is C6H13NO3. The third-order valence-electron chi connectivity index (χ3n) is 1.62. The molecule has 0 aromatic heterocycles. The summed E-state index contributed by atoms with van der Waals surface area (Å²) >= 11 is 0. The molecule has 1 aliphatic rings. The Morgan fingerprint density at radius 1 is 1.50 bits per heavy atom. The molecule has 60 valence electrons. The minimum atomic E-state index is -0.660. The molecule has 1 heterocycles. The monoisotopic (exact) mass is 147 g/mol. The number of β-amino-alcohol motifs (C(OH)–C–C–N with tert-alkyl or cyclic N) is 2. The van der Waals surface area contributed by atoms with E-state index in [4.69, 9.17) is 15.3 Å². The van der Waals surface area contributed by atoms with Gasteiger partial charge in [-0.25, -0.2) is 0 Å². The Labute approximate surface area is 59.7 Å². The second-order valence-electron chi connectivity index (χ2n) is 2.71. The van der Waals surface area contributed by atoms with Crippen molar-refractivity contribution in [1.29, 1.82) is 0 Å². The average Bonchev–Trinajstić information content (AvgIpc) is 1.84. The van der Waals surface area contributed by atoms with Crippen LogP contribution in [0.4, 0.5) is 0 Å². The van der Waals surface area contributed by atoms with Gasteiger partial charge in [0, 0.05) is 19.6 Å². The van der Waals surface area contributed by atoms with Gasteiger partial charge >= 0.3 is 0 Å². The summed E-state index contributed by atoms with van der Waals surface area (Å²) in [5, 5.41) is 26.2. The van der Waals surface area contributed by atoms with Gasteiger partial charge in [-0.05, 0) is 0 Å². The van der Waals surface area contributed by atoms with Crippen LogP contribution in [0, 0.1) is 0 Å². The first-order valence-electron chi connectivity index (χ1n) is 3.41. The van der Waals surface area contributed by atoms with Crippen LogP contribution in [0.25, 0.3) is 0 Å². The fourth-order valence-electron chi connectivity index (χ4n) is 1.05. The van der Waals surface area contributed by atoms with Gasteiger partial charge in [0.15, 0.2) is 0 Å². The predicted octanol–water partition coefficient (Wildman–Crippen LogP) is -1.98. The molecule has 0 aromatic rings. The van der Waals surface area contributed by atoms with Gasteiger partial charge < -0.3 is 15.3 Å². The normalized spacial score (nSPS) is 24.3. The van der Waals surface area contributed by atoms with Crippen LogP contribution in [0.15, 0.2) is 0 Å². The molecule has 0 radical (unpaired) electrons. The Morgan fingerprint density at radius 3 is 2.50 bits per heavy atom. The van der Waals surface area contributed by atoms with E-state index in [2.05, 4.69) is 0 Å². The van der Waals surface area contributed by atoms with Gasteiger partial charge in [0.05, 0.1) is 18.8 Å². The van der Waals surface area contributed by atoms with Gasteiger partial charge in [-0.1, -0.05) is 0 Å². The van der Waals surface area contributed by atoms with E-state index in [0.29, 0.717) is 19.6 Å². The number of aliphatic hydroxyl groups is 3. The van der Waals surface area contributed by atoms with Crippen molar-refractivity contribution in [3.05, 3.63) is 0 Å². The van der Waals surface area contributed by atoms with Gasteiger partial charge in [0.2, 0.25) is 0 Å². The quantitative estimate of drug-likeness (QED) is 0.433. The number of aliphatic hydroxyl groups excluding tert-OH is 3. The molecule has 1 unspecified atom stereocenters. The summed E-state index contributed by atoms with van der Waals surface area (Å²) in [6.07, 6.45) is -0.890. The van der Waals surface area contributed by atoms with Crippen LogP contribution in [-0.2, 0) is 0 Å². The Balaban J connectivity index is 2.04. The summed E-state index contributed by atoms with van der Waals surface area (Å²) in [6.45, 7) is 1.51. The molecule has 0 aliphatic carbocycles. The maximum absolute atomic E-state index is 8.91. The fourth-order valence-corrected chi connectivity index (χ4v) is 1.05. The first kappa shape index (κ1) is 7.94. The Kier molecular flexibility index (Phi) is 2.62. The lowest BCUT2D eigenvalue weighted by molar-refractivity contribution is -0.0316. The molecule has 0 amide bonds. The molecule has 10 heavy (non-hydrogen) atoms. The van der Waals surface area contributed by atoms with Crippen molar-refractivity contribution in [1.82, 2.24) is 4.90 Å². The lowest BCUT2D eigenvalue weighted by Crippen LogP contribution is -2.53. The third-order valence-corrected chi connectivity index (χ3v) is 1.62. The Bertz CT molecular complexity index is 103. The lowest BCUT2D eigenvalue weighted by atomic mass is 10.1. The zero-order valence-electron chi connectivity index (χ0n) is 5.77. The van der Waals surface area contributed by atoms with Crippen molar-refractivity contribution < 1.29 is 15.3 Å². The molecule has 1 atom stereocenters. The largest absolute Gasteiger partial charge is 0.394 e. The average molecular weight is 147 g/mol. The summed E-state index contributed by atoms with van der Waals surface area (Å²) in [4.78, 5) is 1.89. The molecule has 1 rings (SSSR count). The number of rotatable bonds is 3. The highest BCUT2D eigenvalue weighted by atomic mass is 16.3. The van der Waals surface area contributed by atoms with Crippen molar-refractivity contribution >= 4 is 0 Å². The highest BCUT2D eigenvalue weighted by Crippen LogP contribution is 2.06. The van der Waals surface area contributed by atoms with Crippen molar-refractivity contribution in [2.45, 2.75) is 12.2 Å². The van der Waals surface area contributed by atoms with E-state index in [1.54, 1.807) is 0 Å². The predicted molar refractivity (Wildman–Crippen MR) is 35.5 cm³/mol. The summed E-state index contributed by atoms with van der Waals surface area (Å²) in [5.41, 5.74) is 0. The van der Waals surface area contributed by atoms with E-state index in [1.165, 1.54) is 0 Å². The van der Waals surface area contributed by atoms with Crippen LogP contribution in [0.3, 0.4) is 0 Å². The van der Waals surface area contributed by atoms with E-state index < -0.39 is 6.10 Å². The van der Waals surface area contributed by atoms with Crippen LogP contribution in [0.1, 0.15) is 0 Å². The summed E-state index contributed by atoms with van der Waals surface area (Å²) in [5.74, 6) is 0. The minimum absolute atomic E-state index is 0.202. The van der Waals surface area contributed by atoms with E-state index in [-0.39, 0.29) is 12.7 Å². The van der Waals surface area contributed by atoms with Gasteiger partial charge in [0.25, 0.3) is 0 Å². The third kappa shape index (κ3) is 1.91. The molecule has 0 aromatic carbocycles. The van der Waals surface area contributed by atoms with Gasteiger partial charge in [-0.2, -0.15) is 0 Å². The highest BCUT2D eigenvalue weighted by molar-refractivity contribution is 4.80. The van der Waals surface area contributed by atoms with Crippen molar-refractivity contribution in [3.8, 4) is 0 Å². The van der Waals surface area contributed by atoms with Crippen molar-refractivity contribution in [2.75, 3.05) is 26.2 Å². The van der Waals surface area contributed by atoms with Gasteiger partial charge in [-0.3, -0.25) is 4.90 Å². The van der Waals surface area contributed by atoms with Crippen LogP contribution >= 0.6 is 0 Å². The van der Waals surface area contributed by atoms with E-state index in [0.717, 1.165) is 0 Å². The SMILES string of the molecule is OCC(O)CN1CC(O)C1. The zero-order chi connectivity index (χ0) is 7.56. The number of hydrogen-bond acceptors (Lipinski definition) is 4. The Hall–Kier alpha value is -0.160. The van der Waals surface area contributed by atoms with Crippen LogP contribution in [0.2, 0.25) is 0 Å². The standard InChI is InChI=1S/C6H13NO3/c8-4-6(10)3-7-1-5(9)2-7/h5-6,8-10H,1-4H2. The van der Waals surface area contributed by atoms with E-state index >= 15 is 0 Å². The second kappa shape index (κ2) is 3.30. The topological polar surface area (TPSA) is 63.9 Å². The first-order valence-corrected chi connectivity index (χ1v) is 3.41. The molecule has 0 bridgehead atoms. The summed E-state index contributed by atoms with van der Waals surface area (Å²) < 4.78 is 0. The van der Waals surface area contributed by atoms with Gasteiger partial charge in [-0.15, -0.1) is 0 Å². The maximum atomic E-state index is 8.91. The lowest BCUT2D eigenvalue weighted by Gasteiger charge is -2.36. The van der Waals surface area contributed by atoms with Crippen LogP contribution in [-0.4, -0.2) is 58.7 Å². The molecule has 4 heteroatoms. The van der Waals surface area contributed by atoms with Crippen LogP contribution < -0.4 is 0 Å². The molecule has 0 saturated carbocycles. The van der Waals surface area contributed by atoms with Crippen molar-refractivity contribution in [3.63, 3.8) is 0 Å². The second-order valence-corrected chi connectivity index (χ2v) is 2.71. The Morgan fingerprint density at radius 2 is 2.10 bits per heavy atom. The summed E-state index contributed by atoms with van der Waals surface area (Å²) in [7, 11) is 0. The molecule has 0 spiro atoms. The van der Waals surface area contributed by atoms with Crippen molar-refractivity contribution in [2.24, 2.45) is 0 Å². The zero-order valence-corrected chi connectivity index (χ0v) is 5.77. The van der Waals surface area contributed by atoms with Gasteiger partial charge in [0.1, 0.15) is 0 Å². The maximum Gasteiger partial charge on any atom is 0.0897 e. The molecule has 3 N–H and O–H groups in total. The smallest absolute Gasteiger partial charge is 0.0897 e. The summed E-state index contributed by atoms with van der Waals surface area (Å²) in [6, 6.07) is 0. The van der Waals surface area contributed by atoms with E-state index in [9.17, 15) is 0 Å². The minimum Gasteiger partial charge on any atom is -0.394 e. The number of likely N-dealkylation sites (tertiary alicyclic amines) is 1. The van der Waals surface area contributed by atoms with Crippen LogP contribution in [0.5, 0.6) is 0 Å². The molecule has 1 fully saturated rings. The fraction of sp³-hybridized carbons (Fsp3) is 1.00. The molecule has 1 saturated heterocycles. The number of nitrogens with zero attached hydrogens (tertiary/aromatic N) is 1.